The highest BCUT2D eigenvalue weighted by atomic mass is 32.2. The van der Waals surface area contributed by atoms with Crippen LogP contribution in [0.25, 0.3) is 10.8 Å². The molecular formula is C14H12N4OS3. The molecular weight excluding hydrogens is 336 g/mol. The van der Waals surface area contributed by atoms with Crippen LogP contribution in [0.4, 0.5) is 10.8 Å². The molecule has 0 fully saturated rings. The van der Waals surface area contributed by atoms with Gasteiger partial charge in [-0.15, -0.1) is 33.1 Å². The number of thiol groups is 1. The van der Waals surface area contributed by atoms with E-state index in [0.717, 1.165) is 20.4 Å². The van der Waals surface area contributed by atoms with Crippen molar-refractivity contribution in [2.45, 2.75) is 16.2 Å². The Morgan fingerprint density at radius 3 is 2.86 bits per heavy atom. The van der Waals surface area contributed by atoms with Gasteiger partial charge < -0.3 is 5.11 Å². The number of hydrogen-bond acceptors (Lipinski definition) is 8. The molecule has 0 aliphatic heterocycles. The van der Waals surface area contributed by atoms with Gasteiger partial charge in [-0.1, -0.05) is 48.2 Å². The molecule has 0 bridgehead atoms. The molecule has 1 N–H and O–H groups in total. The van der Waals surface area contributed by atoms with Crippen molar-refractivity contribution >= 4 is 57.3 Å². The van der Waals surface area contributed by atoms with E-state index in [1.807, 2.05) is 24.3 Å². The van der Waals surface area contributed by atoms with Gasteiger partial charge in [0.1, 0.15) is 5.69 Å². The largest absolute Gasteiger partial charge is 0.505 e. The number of phenolic OH excluding ortho intramolecular Hbond substituents is 1. The molecule has 22 heavy (non-hydrogen) atoms. The number of phenols is 1. The van der Waals surface area contributed by atoms with Crippen molar-refractivity contribution in [3.8, 4) is 5.75 Å². The normalized spacial score (nSPS) is 11.5. The zero-order valence-corrected chi connectivity index (χ0v) is 14.1. The quantitative estimate of drug-likeness (QED) is 0.385. The fourth-order valence-corrected chi connectivity index (χ4v) is 3.76. The van der Waals surface area contributed by atoms with E-state index in [4.69, 9.17) is 0 Å². The second-order valence-corrected chi connectivity index (χ2v) is 7.24. The van der Waals surface area contributed by atoms with Crippen molar-refractivity contribution < 1.29 is 5.11 Å². The van der Waals surface area contributed by atoms with Crippen LogP contribution in [0.3, 0.4) is 0 Å². The Morgan fingerprint density at radius 2 is 2.05 bits per heavy atom. The standard InChI is InChI=1S/C14H12N4OS3/c1-2-21-14-18-17-13(22-14)16-15-10-7-6-8-9(12(10)19)4-3-5-11(8)20/h3-7,19-20H,2H2,1H3/b16-15+. The number of aromatic nitrogens is 2. The average Bonchev–Trinajstić information content (AvgIpc) is 2.95. The Hall–Kier alpha value is -1.64. The lowest BCUT2D eigenvalue weighted by Crippen LogP contribution is -1.77. The molecule has 3 rings (SSSR count). The molecule has 0 saturated carbocycles. The molecule has 0 atom stereocenters. The predicted octanol–water partition coefficient (Wildman–Crippen LogP) is 5.21. The van der Waals surface area contributed by atoms with Crippen LogP contribution < -0.4 is 0 Å². The third kappa shape index (κ3) is 3.08. The summed E-state index contributed by atoms with van der Waals surface area (Å²) in [4.78, 5) is 0.807. The summed E-state index contributed by atoms with van der Waals surface area (Å²) in [5.74, 6) is 1.02. The van der Waals surface area contributed by atoms with Crippen LogP contribution in [0.1, 0.15) is 6.92 Å². The molecule has 1 aromatic heterocycles. The molecule has 5 nitrogen and oxygen atoms in total. The lowest BCUT2D eigenvalue weighted by atomic mass is 10.1. The molecule has 0 aliphatic rings. The number of hydrogen-bond donors (Lipinski definition) is 2. The Morgan fingerprint density at radius 1 is 1.18 bits per heavy atom. The summed E-state index contributed by atoms with van der Waals surface area (Å²) in [7, 11) is 0. The lowest BCUT2D eigenvalue weighted by molar-refractivity contribution is 0.482. The Labute approximate surface area is 140 Å². The van der Waals surface area contributed by atoms with Crippen LogP contribution in [0.2, 0.25) is 0 Å². The smallest absolute Gasteiger partial charge is 0.252 e. The Balaban J connectivity index is 1.93. The summed E-state index contributed by atoms with van der Waals surface area (Å²) in [6.45, 7) is 2.05. The van der Waals surface area contributed by atoms with E-state index in [1.54, 1.807) is 17.8 Å². The van der Waals surface area contributed by atoms with Crippen LogP contribution in [0, 0.1) is 0 Å². The first kappa shape index (κ1) is 15.3. The Kier molecular flexibility index (Phi) is 4.60. The van der Waals surface area contributed by atoms with Gasteiger partial charge in [0.15, 0.2) is 10.1 Å². The maximum atomic E-state index is 10.3. The third-order valence-electron chi connectivity index (χ3n) is 2.90. The van der Waals surface area contributed by atoms with E-state index in [-0.39, 0.29) is 5.75 Å². The van der Waals surface area contributed by atoms with Crippen LogP contribution >= 0.6 is 35.7 Å². The highest BCUT2D eigenvalue weighted by Crippen LogP contribution is 2.38. The molecule has 0 unspecified atom stereocenters. The van der Waals surface area contributed by atoms with Crippen LogP contribution in [0.15, 0.2) is 49.8 Å². The van der Waals surface area contributed by atoms with Gasteiger partial charge in [-0.2, -0.15) is 0 Å². The summed E-state index contributed by atoms with van der Waals surface area (Å²) >= 11 is 7.36. The van der Waals surface area contributed by atoms with Gasteiger partial charge in [0, 0.05) is 10.3 Å². The van der Waals surface area contributed by atoms with Crippen molar-refractivity contribution in [3.63, 3.8) is 0 Å². The minimum absolute atomic E-state index is 0.0878. The highest BCUT2D eigenvalue weighted by molar-refractivity contribution is 8.01. The third-order valence-corrected chi connectivity index (χ3v) is 5.11. The maximum Gasteiger partial charge on any atom is 0.252 e. The maximum absolute atomic E-state index is 10.3. The molecule has 0 amide bonds. The van der Waals surface area contributed by atoms with Crippen LogP contribution in [-0.4, -0.2) is 21.1 Å². The van der Waals surface area contributed by atoms with Crippen LogP contribution in [-0.2, 0) is 0 Å². The first-order valence-corrected chi connectivity index (χ1v) is 8.75. The predicted molar refractivity (Wildman–Crippen MR) is 93.3 cm³/mol. The van der Waals surface area contributed by atoms with E-state index in [0.29, 0.717) is 16.2 Å². The van der Waals surface area contributed by atoms with Gasteiger partial charge in [-0.3, -0.25) is 0 Å². The molecule has 2 aromatic carbocycles. The summed E-state index contributed by atoms with van der Waals surface area (Å²) in [5.41, 5.74) is 0.395. The zero-order valence-electron chi connectivity index (χ0n) is 11.6. The lowest BCUT2D eigenvalue weighted by Gasteiger charge is -2.05. The molecule has 0 spiro atoms. The highest BCUT2D eigenvalue weighted by Gasteiger charge is 2.08. The summed E-state index contributed by atoms with van der Waals surface area (Å²) in [6.07, 6.45) is 0. The van der Waals surface area contributed by atoms with Gasteiger partial charge in [0.05, 0.1) is 0 Å². The minimum atomic E-state index is 0.0878. The second kappa shape index (κ2) is 6.64. The van der Waals surface area contributed by atoms with E-state index >= 15 is 0 Å². The molecule has 112 valence electrons. The number of azo groups is 1. The van der Waals surface area contributed by atoms with Crippen molar-refractivity contribution in [3.05, 3.63) is 30.3 Å². The molecule has 3 aromatic rings. The minimum Gasteiger partial charge on any atom is -0.505 e. The van der Waals surface area contributed by atoms with E-state index in [9.17, 15) is 5.11 Å². The molecule has 1 heterocycles. The Bertz CT molecular complexity index is 847. The number of thioether (sulfide) groups is 1. The van der Waals surface area contributed by atoms with Crippen molar-refractivity contribution in [1.29, 1.82) is 0 Å². The van der Waals surface area contributed by atoms with Crippen molar-refractivity contribution in [1.82, 2.24) is 10.2 Å². The molecule has 0 aliphatic carbocycles. The van der Waals surface area contributed by atoms with Gasteiger partial charge in [-0.25, -0.2) is 0 Å². The second-order valence-electron chi connectivity index (χ2n) is 4.29. The van der Waals surface area contributed by atoms with Crippen LogP contribution in [0.5, 0.6) is 5.75 Å². The van der Waals surface area contributed by atoms with Gasteiger partial charge in [0.2, 0.25) is 0 Å². The fourth-order valence-electron chi connectivity index (χ4n) is 1.92. The summed E-state index contributed by atoms with van der Waals surface area (Å²) in [5, 5.41) is 28.4. The SMILES string of the molecule is CCSc1nnc(/N=N/c2ccc3c(S)cccc3c2O)s1. The monoisotopic (exact) mass is 348 g/mol. The molecule has 0 saturated heterocycles. The number of nitrogens with zero attached hydrogens (tertiary/aromatic N) is 4. The number of rotatable bonds is 4. The number of benzene rings is 2. The first-order valence-electron chi connectivity index (χ1n) is 6.50. The fraction of sp³-hybridized carbons (Fsp3) is 0.143. The number of fused-ring (bicyclic) bond motifs is 1. The van der Waals surface area contributed by atoms with Gasteiger partial charge in [0.25, 0.3) is 5.13 Å². The van der Waals surface area contributed by atoms with E-state index in [2.05, 4.69) is 40.0 Å². The topological polar surface area (TPSA) is 70.7 Å². The van der Waals surface area contributed by atoms with Crippen molar-refractivity contribution in [2.24, 2.45) is 10.2 Å². The molecule has 8 heteroatoms. The zero-order chi connectivity index (χ0) is 15.5. The molecule has 0 radical (unpaired) electrons. The first-order chi connectivity index (χ1) is 10.7. The summed E-state index contributed by atoms with van der Waals surface area (Å²) < 4.78 is 0.860. The average molecular weight is 348 g/mol. The van der Waals surface area contributed by atoms with Gasteiger partial charge >= 0.3 is 0 Å². The van der Waals surface area contributed by atoms with E-state index < -0.39 is 0 Å². The van der Waals surface area contributed by atoms with Gasteiger partial charge in [-0.05, 0) is 23.3 Å². The number of aromatic hydroxyl groups is 1. The van der Waals surface area contributed by atoms with Crippen molar-refractivity contribution in [2.75, 3.05) is 5.75 Å². The van der Waals surface area contributed by atoms with E-state index in [1.165, 1.54) is 11.3 Å². The summed E-state index contributed by atoms with van der Waals surface area (Å²) in [6, 6.07) is 9.11.